The van der Waals surface area contributed by atoms with Gasteiger partial charge in [0, 0.05) is 12.5 Å². The summed E-state index contributed by atoms with van der Waals surface area (Å²) in [7, 11) is 0. The van der Waals surface area contributed by atoms with Crippen LogP contribution in [0.5, 0.6) is 0 Å². The van der Waals surface area contributed by atoms with E-state index in [4.69, 9.17) is 4.98 Å². The van der Waals surface area contributed by atoms with Crippen molar-refractivity contribution in [2.24, 2.45) is 11.8 Å². The minimum absolute atomic E-state index is 0.0245. The maximum Gasteiger partial charge on any atom is 0.234 e. The van der Waals surface area contributed by atoms with Crippen LogP contribution in [0, 0.1) is 11.8 Å². The van der Waals surface area contributed by atoms with E-state index in [1.54, 1.807) is 11.3 Å². The molecule has 140 valence electrons. The monoisotopic (exact) mass is 381 g/mol. The zero-order chi connectivity index (χ0) is 18.4. The maximum atomic E-state index is 12.7. The molecule has 0 radical (unpaired) electrons. The van der Waals surface area contributed by atoms with E-state index >= 15 is 0 Å². The van der Waals surface area contributed by atoms with Crippen LogP contribution in [0.15, 0.2) is 36.4 Å². The van der Waals surface area contributed by atoms with E-state index in [0.717, 1.165) is 31.4 Å². The normalized spacial score (nSPS) is 28.9. The van der Waals surface area contributed by atoms with Gasteiger partial charge < -0.3 is 0 Å². The van der Waals surface area contributed by atoms with Crippen LogP contribution in [-0.2, 0) is 9.59 Å². The van der Waals surface area contributed by atoms with E-state index in [1.807, 2.05) is 18.2 Å². The third-order valence-electron chi connectivity index (χ3n) is 6.11. The zero-order valence-corrected chi connectivity index (χ0v) is 16.0. The molecule has 5 rings (SSSR count). The first-order valence-electron chi connectivity index (χ1n) is 9.79. The fraction of sp³-hybridized carbons (Fsp3) is 0.476. The van der Waals surface area contributed by atoms with Crippen molar-refractivity contribution >= 4 is 33.4 Å². The molecule has 1 aromatic carbocycles. The van der Waals surface area contributed by atoms with Crippen molar-refractivity contribution in [3.05, 3.63) is 41.4 Å². The first kappa shape index (κ1) is 17.1. The highest BCUT2D eigenvalue weighted by atomic mass is 32.1. The van der Waals surface area contributed by atoms with Gasteiger partial charge in [0.2, 0.25) is 11.8 Å². The van der Waals surface area contributed by atoms with Gasteiger partial charge in [-0.05, 0) is 44.4 Å². The molecule has 6 heteroatoms. The Morgan fingerprint density at radius 2 is 1.81 bits per heavy atom. The third-order valence-corrected chi connectivity index (χ3v) is 7.30. The Hall–Kier alpha value is -2.05. The van der Waals surface area contributed by atoms with E-state index in [2.05, 4.69) is 23.1 Å². The minimum Gasteiger partial charge on any atom is -0.285 e. The molecule has 5 nitrogen and oxygen atoms in total. The lowest BCUT2D eigenvalue weighted by atomic mass is 9.85. The number of aromatic nitrogens is 1. The van der Waals surface area contributed by atoms with Gasteiger partial charge in [0.15, 0.2) is 0 Å². The molecule has 0 saturated carbocycles. The molecular formula is C21H23N3O2S. The lowest BCUT2D eigenvalue weighted by Crippen LogP contribution is -2.45. The molecule has 2 amide bonds. The number of fused-ring (bicyclic) bond motifs is 2. The number of piperidine rings is 1. The van der Waals surface area contributed by atoms with Gasteiger partial charge in [0.25, 0.3) is 0 Å². The molecular weight excluding hydrogens is 358 g/mol. The number of likely N-dealkylation sites (tertiary alicyclic amines) is 2. The summed E-state index contributed by atoms with van der Waals surface area (Å²) in [5, 5.41) is 1.18. The zero-order valence-electron chi connectivity index (χ0n) is 15.2. The Balaban J connectivity index is 1.30. The Labute approximate surface area is 162 Å². The Morgan fingerprint density at radius 3 is 2.56 bits per heavy atom. The van der Waals surface area contributed by atoms with Crippen molar-refractivity contribution in [3.63, 3.8) is 0 Å². The molecule has 3 aliphatic rings. The molecule has 1 aromatic heterocycles. The molecule has 0 N–H and O–H groups in total. The van der Waals surface area contributed by atoms with Crippen molar-refractivity contribution in [1.29, 1.82) is 0 Å². The summed E-state index contributed by atoms with van der Waals surface area (Å²) < 4.78 is 1.23. The number of thiazole rings is 1. The molecule has 0 bridgehead atoms. The van der Waals surface area contributed by atoms with E-state index in [-0.39, 0.29) is 23.7 Å². The highest BCUT2D eigenvalue weighted by Crippen LogP contribution is 2.36. The molecule has 2 aromatic rings. The number of allylic oxidation sites excluding steroid dienone is 2. The summed E-state index contributed by atoms with van der Waals surface area (Å²) in [4.78, 5) is 34.1. The summed E-state index contributed by atoms with van der Waals surface area (Å²) in [6, 6.07) is 8.26. The Morgan fingerprint density at radius 1 is 1.07 bits per heavy atom. The first-order chi connectivity index (χ1) is 13.2. The van der Waals surface area contributed by atoms with Crippen LogP contribution in [0.4, 0.5) is 0 Å². The van der Waals surface area contributed by atoms with Gasteiger partial charge >= 0.3 is 0 Å². The van der Waals surface area contributed by atoms with E-state index in [1.165, 1.54) is 14.6 Å². The van der Waals surface area contributed by atoms with Crippen molar-refractivity contribution in [2.45, 2.75) is 31.6 Å². The SMILES string of the molecule is O=C1[C@H]2CC=CC[C@H]2C(=O)N1CN1CCC[C@H](c2nc3ccccc3s2)C1. The van der Waals surface area contributed by atoms with Crippen LogP contribution in [0.1, 0.15) is 36.6 Å². The standard InChI is InChI=1S/C21H23N3O2S/c25-20-15-7-1-2-8-16(15)21(26)24(20)13-23-11-5-6-14(12-23)19-22-17-9-3-4-10-18(17)27-19/h1-4,9-10,14-16H,5-8,11-13H2/t14-,15-,16+/m0/s1. The van der Waals surface area contributed by atoms with Gasteiger partial charge in [-0.15, -0.1) is 11.3 Å². The lowest BCUT2D eigenvalue weighted by Gasteiger charge is -2.34. The number of hydrogen-bond donors (Lipinski definition) is 0. The predicted octanol–water partition coefficient (Wildman–Crippen LogP) is 3.38. The third kappa shape index (κ3) is 3.01. The smallest absolute Gasteiger partial charge is 0.234 e. The van der Waals surface area contributed by atoms with Gasteiger partial charge in [0.1, 0.15) is 0 Å². The maximum absolute atomic E-state index is 12.7. The summed E-state index contributed by atoms with van der Waals surface area (Å²) in [5.74, 6) is 0.167. The van der Waals surface area contributed by atoms with Crippen LogP contribution < -0.4 is 0 Å². The quantitative estimate of drug-likeness (QED) is 0.604. The lowest BCUT2D eigenvalue weighted by molar-refractivity contribution is -0.142. The van der Waals surface area contributed by atoms with Gasteiger partial charge in [-0.25, -0.2) is 4.98 Å². The highest BCUT2D eigenvalue weighted by Gasteiger charge is 2.47. The van der Waals surface area contributed by atoms with E-state index < -0.39 is 0 Å². The Bertz CT molecular complexity index is 862. The van der Waals surface area contributed by atoms with E-state index in [0.29, 0.717) is 25.4 Å². The molecule has 0 unspecified atom stereocenters. The number of rotatable bonds is 3. The molecule has 2 aliphatic heterocycles. The second-order valence-corrected chi connectivity index (χ2v) is 8.90. The molecule has 27 heavy (non-hydrogen) atoms. The molecule has 2 saturated heterocycles. The second-order valence-electron chi connectivity index (χ2n) is 7.84. The predicted molar refractivity (Wildman–Crippen MR) is 105 cm³/mol. The average molecular weight is 382 g/mol. The van der Waals surface area contributed by atoms with Crippen molar-refractivity contribution in [3.8, 4) is 0 Å². The fourth-order valence-corrected chi connectivity index (χ4v) is 5.75. The largest absolute Gasteiger partial charge is 0.285 e. The van der Waals surface area contributed by atoms with Crippen LogP contribution in [-0.4, -0.2) is 46.4 Å². The minimum atomic E-state index is -0.132. The van der Waals surface area contributed by atoms with Gasteiger partial charge in [-0.1, -0.05) is 24.3 Å². The molecule has 3 atom stereocenters. The number of para-hydroxylation sites is 1. The summed E-state index contributed by atoms with van der Waals surface area (Å²) >= 11 is 1.77. The number of nitrogens with zero attached hydrogens (tertiary/aromatic N) is 3. The molecule has 0 spiro atoms. The molecule has 3 heterocycles. The van der Waals surface area contributed by atoms with Gasteiger partial charge in [0.05, 0.1) is 33.7 Å². The number of hydrogen-bond acceptors (Lipinski definition) is 5. The summed E-state index contributed by atoms with van der Waals surface area (Å²) in [6.07, 6.45) is 7.69. The highest BCUT2D eigenvalue weighted by molar-refractivity contribution is 7.18. The van der Waals surface area contributed by atoms with Crippen LogP contribution >= 0.6 is 11.3 Å². The fourth-order valence-electron chi connectivity index (χ4n) is 4.66. The summed E-state index contributed by atoms with van der Waals surface area (Å²) in [5.41, 5.74) is 1.07. The van der Waals surface area contributed by atoms with Gasteiger partial charge in [-0.3, -0.25) is 19.4 Å². The first-order valence-corrected chi connectivity index (χ1v) is 10.6. The van der Waals surface area contributed by atoms with E-state index in [9.17, 15) is 9.59 Å². The number of carbonyl (C=O) groups is 2. The van der Waals surface area contributed by atoms with Crippen LogP contribution in [0.3, 0.4) is 0 Å². The Kier molecular flexibility index (Phi) is 4.32. The topological polar surface area (TPSA) is 53.5 Å². The van der Waals surface area contributed by atoms with Crippen molar-refractivity contribution in [2.75, 3.05) is 19.8 Å². The number of carbonyl (C=O) groups excluding carboxylic acids is 2. The van der Waals surface area contributed by atoms with Crippen molar-refractivity contribution < 1.29 is 9.59 Å². The second kappa shape index (κ2) is 6.84. The van der Waals surface area contributed by atoms with Gasteiger partial charge in [-0.2, -0.15) is 0 Å². The van der Waals surface area contributed by atoms with Crippen molar-refractivity contribution in [1.82, 2.24) is 14.8 Å². The summed E-state index contributed by atoms with van der Waals surface area (Å²) in [6.45, 7) is 2.24. The molecule has 1 aliphatic carbocycles. The van der Waals surface area contributed by atoms with Crippen LogP contribution in [0.25, 0.3) is 10.2 Å². The molecule has 2 fully saturated rings. The number of amides is 2. The number of imide groups is 1. The number of benzene rings is 1. The van der Waals surface area contributed by atoms with Crippen LogP contribution in [0.2, 0.25) is 0 Å². The average Bonchev–Trinajstić information content (AvgIpc) is 3.24.